The Morgan fingerprint density at radius 1 is 1.04 bits per heavy atom. The molecule has 2 aromatic carbocycles. The van der Waals surface area contributed by atoms with Crippen molar-refractivity contribution >= 4 is 55.8 Å². The highest BCUT2D eigenvalue weighted by molar-refractivity contribution is 9.10. The zero-order valence-corrected chi connectivity index (χ0v) is 16.6. The predicted octanol–water partition coefficient (Wildman–Crippen LogP) is 5.59. The van der Waals surface area contributed by atoms with Crippen LogP contribution in [0, 0.1) is 10.1 Å². The molecule has 2 aromatic heterocycles. The van der Waals surface area contributed by atoms with Crippen molar-refractivity contribution in [3.05, 3.63) is 81.7 Å². The Labute approximate surface area is 172 Å². The normalized spacial score (nSPS) is 10.8. The maximum Gasteiger partial charge on any atom is 0.343 e. The Hall–Kier alpha value is -3.04. The molecule has 0 aliphatic carbocycles. The first kappa shape index (κ1) is 18.3. The summed E-state index contributed by atoms with van der Waals surface area (Å²) >= 11 is 4.58. The zero-order chi connectivity index (χ0) is 19.5. The fourth-order valence-corrected chi connectivity index (χ4v) is 4.05. The molecule has 0 aliphatic rings. The number of aromatic nitrogens is 3. The molecule has 2 heterocycles. The van der Waals surface area contributed by atoms with Gasteiger partial charge >= 0.3 is 5.69 Å². The summed E-state index contributed by atoms with van der Waals surface area (Å²) in [6.07, 6.45) is 3.01. The first-order valence-electron chi connectivity index (χ1n) is 8.15. The summed E-state index contributed by atoms with van der Waals surface area (Å²) in [7, 11) is 0. The second-order valence-corrected chi connectivity index (χ2v) is 7.65. The number of fused-ring (bicyclic) bond motifs is 1. The van der Waals surface area contributed by atoms with Gasteiger partial charge in [0, 0.05) is 26.6 Å². The lowest BCUT2D eigenvalue weighted by molar-refractivity contribution is -0.387. The maximum atomic E-state index is 11.8. The molecule has 1 N–H and O–H groups in total. The fourth-order valence-electron chi connectivity index (χ4n) is 2.66. The van der Waals surface area contributed by atoms with Crippen LogP contribution in [0.1, 0.15) is 0 Å². The average Bonchev–Trinajstić information content (AvgIpc) is 2.68. The van der Waals surface area contributed by atoms with Gasteiger partial charge in [-0.05, 0) is 30.3 Å². The van der Waals surface area contributed by atoms with Crippen LogP contribution < -0.4 is 5.32 Å². The number of nitro groups is 1. The molecule has 0 spiro atoms. The van der Waals surface area contributed by atoms with Gasteiger partial charge in [-0.3, -0.25) is 15.1 Å². The van der Waals surface area contributed by atoms with Crippen LogP contribution in [0.25, 0.3) is 10.9 Å². The Kier molecular flexibility index (Phi) is 5.18. The number of nitrogens with zero attached hydrogens (tertiary/aromatic N) is 4. The van der Waals surface area contributed by atoms with E-state index in [0.717, 1.165) is 20.3 Å². The standard InChI is InChI=1S/C19H12BrN5O2S/c20-13-6-2-7-14(10-13)24-18-17(25(26)27)19(23-11-22-18)28-15-8-1-4-12-5-3-9-21-16(12)15/h1-11H,(H,22,23,24). The number of hydrogen-bond donors (Lipinski definition) is 1. The minimum Gasteiger partial charge on any atom is -0.334 e. The molecule has 138 valence electrons. The molecule has 4 aromatic rings. The summed E-state index contributed by atoms with van der Waals surface area (Å²) in [6, 6.07) is 16.8. The molecule has 0 aliphatic heterocycles. The first-order valence-corrected chi connectivity index (χ1v) is 9.76. The van der Waals surface area contributed by atoms with E-state index in [4.69, 9.17) is 0 Å². The molecule has 0 radical (unpaired) electrons. The predicted molar refractivity (Wildman–Crippen MR) is 112 cm³/mol. The van der Waals surface area contributed by atoms with Crippen molar-refractivity contribution in [2.24, 2.45) is 0 Å². The van der Waals surface area contributed by atoms with Gasteiger partial charge in [0.25, 0.3) is 0 Å². The Morgan fingerprint density at radius 3 is 2.68 bits per heavy atom. The summed E-state index contributed by atoms with van der Waals surface area (Å²) in [6.45, 7) is 0. The lowest BCUT2D eigenvalue weighted by Gasteiger charge is -2.09. The number of halogens is 1. The van der Waals surface area contributed by atoms with Crippen molar-refractivity contribution in [2.75, 3.05) is 5.32 Å². The molecule has 0 saturated heterocycles. The Bertz CT molecular complexity index is 1180. The molecule has 9 heteroatoms. The Balaban J connectivity index is 1.76. The number of benzene rings is 2. The molecule has 0 bridgehead atoms. The van der Waals surface area contributed by atoms with E-state index < -0.39 is 4.92 Å². The van der Waals surface area contributed by atoms with Crippen molar-refractivity contribution in [1.29, 1.82) is 0 Å². The highest BCUT2D eigenvalue weighted by Crippen LogP contribution is 2.39. The second kappa shape index (κ2) is 7.91. The number of anilines is 2. The van der Waals surface area contributed by atoms with E-state index in [2.05, 4.69) is 36.2 Å². The van der Waals surface area contributed by atoms with Crippen LogP contribution in [0.2, 0.25) is 0 Å². The smallest absolute Gasteiger partial charge is 0.334 e. The molecule has 0 saturated carbocycles. The van der Waals surface area contributed by atoms with E-state index in [1.807, 2.05) is 48.5 Å². The van der Waals surface area contributed by atoms with Gasteiger partial charge in [0.2, 0.25) is 5.82 Å². The monoisotopic (exact) mass is 453 g/mol. The summed E-state index contributed by atoms with van der Waals surface area (Å²) in [5.74, 6) is 0.133. The SMILES string of the molecule is O=[N+]([O-])c1c(Nc2cccc(Br)c2)ncnc1Sc1cccc2cccnc12. The van der Waals surface area contributed by atoms with Gasteiger partial charge in [0.15, 0.2) is 5.03 Å². The molecule has 0 atom stereocenters. The Morgan fingerprint density at radius 2 is 1.86 bits per heavy atom. The van der Waals surface area contributed by atoms with Gasteiger partial charge in [0.05, 0.1) is 10.4 Å². The van der Waals surface area contributed by atoms with Crippen molar-refractivity contribution in [2.45, 2.75) is 9.92 Å². The van der Waals surface area contributed by atoms with Crippen LogP contribution in [0.15, 0.2) is 81.5 Å². The van der Waals surface area contributed by atoms with Gasteiger partial charge in [-0.2, -0.15) is 0 Å². The van der Waals surface area contributed by atoms with E-state index in [1.54, 1.807) is 12.3 Å². The number of para-hydroxylation sites is 1. The number of nitrogens with one attached hydrogen (secondary N) is 1. The molecule has 7 nitrogen and oxygen atoms in total. The largest absolute Gasteiger partial charge is 0.343 e. The molecule has 4 rings (SSSR count). The van der Waals surface area contributed by atoms with Crippen molar-refractivity contribution in [3.8, 4) is 0 Å². The van der Waals surface area contributed by atoms with Gasteiger partial charge < -0.3 is 5.32 Å². The maximum absolute atomic E-state index is 11.8. The highest BCUT2D eigenvalue weighted by atomic mass is 79.9. The molecular formula is C19H12BrN5O2S. The van der Waals surface area contributed by atoms with Crippen LogP contribution >= 0.6 is 27.7 Å². The summed E-state index contributed by atoms with van der Waals surface area (Å²) in [5, 5.41) is 16.0. The number of hydrogen-bond acceptors (Lipinski definition) is 7. The molecule has 0 fully saturated rings. The fraction of sp³-hybridized carbons (Fsp3) is 0. The third kappa shape index (κ3) is 3.80. The van der Waals surface area contributed by atoms with Crippen LogP contribution in [0.5, 0.6) is 0 Å². The van der Waals surface area contributed by atoms with E-state index in [9.17, 15) is 10.1 Å². The third-order valence-electron chi connectivity index (χ3n) is 3.86. The molecule has 0 unspecified atom stereocenters. The summed E-state index contributed by atoms with van der Waals surface area (Å²) in [5.41, 5.74) is 1.27. The second-order valence-electron chi connectivity index (χ2n) is 5.70. The summed E-state index contributed by atoms with van der Waals surface area (Å²) in [4.78, 5) is 24.7. The number of pyridine rings is 1. The zero-order valence-electron chi connectivity index (χ0n) is 14.2. The molecule has 0 amide bonds. The first-order chi connectivity index (χ1) is 13.6. The van der Waals surface area contributed by atoms with E-state index in [-0.39, 0.29) is 16.5 Å². The van der Waals surface area contributed by atoms with Gasteiger partial charge in [0.1, 0.15) is 6.33 Å². The lowest BCUT2D eigenvalue weighted by atomic mass is 10.2. The summed E-state index contributed by atoms with van der Waals surface area (Å²) < 4.78 is 0.852. The van der Waals surface area contributed by atoms with E-state index >= 15 is 0 Å². The molecule has 28 heavy (non-hydrogen) atoms. The van der Waals surface area contributed by atoms with Crippen molar-refractivity contribution < 1.29 is 4.92 Å². The topological polar surface area (TPSA) is 93.8 Å². The quantitative estimate of drug-likeness (QED) is 0.239. The van der Waals surface area contributed by atoms with Gasteiger partial charge in [-0.15, -0.1) is 0 Å². The number of rotatable bonds is 5. The van der Waals surface area contributed by atoms with E-state index in [0.29, 0.717) is 5.69 Å². The third-order valence-corrected chi connectivity index (χ3v) is 5.40. The van der Waals surface area contributed by atoms with Gasteiger partial charge in [-0.25, -0.2) is 9.97 Å². The molecular weight excluding hydrogens is 442 g/mol. The lowest BCUT2D eigenvalue weighted by Crippen LogP contribution is -2.03. The highest BCUT2D eigenvalue weighted by Gasteiger charge is 2.24. The van der Waals surface area contributed by atoms with Crippen LogP contribution in [0.3, 0.4) is 0 Å². The van der Waals surface area contributed by atoms with Crippen LogP contribution in [-0.2, 0) is 0 Å². The van der Waals surface area contributed by atoms with Crippen LogP contribution in [0.4, 0.5) is 17.2 Å². The van der Waals surface area contributed by atoms with Gasteiger partial charge in [-0.1, -0.05) is 52.0 Å². The van der Waals surface area contributed by atoms with Crippen LogP contribution in [-0.4, -0.2) is 19.9 Å². The minimum atomic E-state index is -0.471. The van der Waals surface area contributed by atoms with Crippen molar-refractivity contribution in [3.63, 3.8) is 0 Å². The van der Waals surface area contributed by atoms with E-state index in [1.165, 1.54) is 18.1 Å². The average molecular weight is 454 g/mol. The minimum absolute atomic E-state index is 0.133. The van der Waals surface area contributed by atoms with Crippen molar-refractivity contribution in [1.82, 2.24) is 15.0 Å².